The summed E-state index contributed by atoms with van der Waals surface area (Å²) in [6.45, 7) is 14.9. The second-order valence-electron chi connectivity index (χ2n) is 5.57. The van der Waals surface area contributed by atoms with Gasteiger partial charge in [0.05, 0.1) is 0 Å². The molecule has 1 heteroatoms. The molecule has 0 aliphatic carbocycles. The molecule has 0 aromatic rings. The zero-order chi connectivity index (χ0) is 10.6. The monoisotopic (exact) mass is 183 g/mol. The Morgan fingerprint density at radius 3 is 2.15 bits per heavy atom. The number of rotatable bonds is 4. The average Bonchev–Trinajstić information content (AvgIpc) is 1.81. The third kappa shape index (κ3) is 6.83. The summed E-state index contributed by atoms with van der Waals surface area (Å²) in [5, 5.41) is 0. The summed E-state index contributed by atoms with van der Waals surface area (Å²) in [5.41, 5.74) is 7.68. The number of nitrogens with two attached hydrogens (primary N) is 1. The molecule has 0 fully saturated rings. The zero-order valence-corrected chi connectivity index (χ0v) is 9.85. The molecule has 0 bridgehead atoms. The average molecular weight is 183 g/mol. The normalized spacial score (nSPS) is 16.8. The molecular weight excluding hydrogens is 158 g/mol. The topological polar surface area (TPSA) is 26.0 Å². The Morgan fingerprint density at radius 1 is 1.38 bits per heavy atom. The van der Waals surface area contributed by atoms with Crippen molar-refractivity contribution in [2.24, 2.45) is 17.1 Å². The van der Waals surface area contributed by atoms with Gasteiger partial charge in [-0.1, -0.05) is 33.3 Å². The van der Waals surface area contributed by atoms with Crippen LogP contribution in [-0.2, 0) is 0 Å². The van der Waals surface area contributed by atoms with E-state index in [9.17, 15) is 0 Å². The summed E-state index contributed by atoms with van der Waals surface area (Å²) < 4.78 is 0. The van der Waals surface area contributed by atoms with Crippen molar-refractivity contribution < 1.29 is 0 Å². The first-order valence-corrected chi connectivity index (χ1v) is 5.12. The summed E-state index contributed by atoms with van der Waals surface area (Å²) in [6.07, 6.45) is 2.14. The first kappa shape index (κ1) is 12.7. The van der Waals surface area contributed by atoms with Crippen LogP contribution < -0.4 is 5.73 Å². The predicted octanol–water partition coefficient (Wildman–Crippen LogP) is 3.35. The molecule has 0 aromatic carbocycles. The maximum Gasteiger partial charge on any atom is 0.00725 e. The van der Waals surface area contributed by atoms with Crippen LogP contribution in [0.25, 0.3) is 0 Å². The predicted molar refractivity (Wildman–Crippen MR) is 60.6 cm³/mol. The summed E-state index contributed by atoms with van der Waals surface area (Å²) >= 11 is 0. The Kier molecular flexibility index (Phi) is 4.69. The Balaban J connectivity index is 3.96. The van der Waals surface area contributed by atoms with Gasteiger partial charge in [-0.15, -0.1) is 6.58 Å². The van der Waals surface area contributed by atoms with Crippen LogP contribution in [0.2, 0.25) is 0 Å². The van der Waals surface area contributed by atoms with Crippen molar-refractivity contribution in [1.29, 1.82) is 0 Å². The minimum absolute atomic E-state index is 0.302. The van der Waals surface area contributed by atoms with Gasteiger partial charge in [0.2, 0.25) is 0 Å². The lowest BCUT2D eigenvalue weighted by Crippen LogP contribution is -2.32. The molecular formula is C12H25N. The second kappa shape index (κ2) is 4.80. The third-order valence-corrected chi connectivity index (χ3v) is 2.25. The van der Waals surface area contributed by atoms with Gasteiger partial charge in [-0.3, -0.25) is 0 Å². The molecule has 0 aliphatic heterocycles. The lowest BCUT2D eigenvalue weighted by atomic mass is 9.82. The van der Waals surface area contributed by atoms with E-state index in [4.69, 9.17) is 5.73 Å². The molecule has 0 heterocycles. The quantitative estimate of drug-likeness (QED) is 0.665. The largest absolute Gasteiger partial charge is 0.327 e. The first-order chi connectivity index (χ1) is 5.72. The van der Waals surface area contributed by atoms with Gasteiger partial charge in [-0.05, 0) is 31.1 Å². The van der Waals surface area contributed by atoms with Crippen molar-refractivity contribution in [2.75, 3.05) is 0 Å². The van der Waals surface area contributed by atoms with E-state index in [0.717, 1.165) is 12.8 Å². The fourth-order valence-corrected chi connectivity index (χ4v) is 1.61. The second-order valence-corrected chi connectivity index (χ2v) is 5.57. The van der Waals surface area contributed by atoms with Crippen molar-refractivity contribution in [2.45, 2.75) is 53.5 Å². The van der Waals surface area contributed by atoms with Crippen LogP contribution in [-0.4, -0.2) is 6.04 Å². The summed E-state index contributed by atoms with van der Waals surface area (Å²) in [5.74, 6) is 0.553. The van der Waals surface area contributed by atoms with Crippen LogP contribution >= 0.6 is 0 Å². The molecule has 0 saturated carbocycles. The van der Waals surface area contributed by atoms with Crippen LogP contribution in [0, 0.1) is 11.3 Å². The fraction of sp³-hybridized carbons (Fsp3) is 0.833. The van der Waals surface area contributed by atoms with Crippen molar-refractivity contribution in [3.63, 3.8) is 0 Å². The van der Waals surface area contributed by atoms with E-state index >= 15 is 0 Å². The van der Waals surface area contributed by atoms with Crippen molar-refractivity contribution in [1.82, 2.24) is 0 Å². The maximum atomic E-state index is 6.11. The highest BCUT2D eigenvalue weighted by molar-refractivity contribution is 4.92. The fourth-order valence-electron chi connectivity index (χ4n) is 1.61. The van der Waals surface area contributed by atoms with E-state index in [0.29, 0.717) is 17.4 Å². The highest BCUT2D eigenvalue weighted by atomic mass is 14.6. The SMILES string of the molecule is C=C(C)CC(C)C(N)CC(C)(C)C. The van der Waals surface area contributed by atoms with Crippen LogP contribution in [0.5, 0.6) is 0 Å². The summed E-state index contributed by atoms with van der Waals surface area (Å²) in [7, 11) is 0. The molecule has 0 saturated heterocycles. The first-order valence-electron chi connectivity index (χ1n) is 5.12. The standard InChI is InChI=1S/C12H25N/c1-9(2)7-10(3)11(13)8-12(4,5)6/h10-11H,1,7-8,13H2,2-6H3. The highest BCUT2D eigenvalue weighted by Gasteiger charge is 2.20. The molecule has 0 spiro atoms. The van der Waals surface area contributed by atoms with E-state index < -0.39 is 0 Å². The minimum atomic E-state index is 0.302. The van der Waals surface area contributed by atoms with Crippen LogP contribution in [0.1, 0.15) is 47.5 Å². The van der Waals surface area contributed by atoms with Crippen molar-refractivity contribution in [3.05, 3.63) is 12.2 Å². The Labute approximate surface area is 83.4 Å². The van der Waals surface area contributed by atoms with E-state index in [1.54, 1.807) is 0 Å². The molecule has 2 atom stereocenters. The van der Waals surface area contributed by atoms with Crippen LogP contribution in [0.15, 0.2) is 12.2 Å². The van der Waals surface area contributed by atoms with E-state index in [1.807, 2.05) is 0 Å². The van der Waals surface area contributed by atoms with Gasteiger partial charge in [-0.25, -0.2) is 0 Å². The van der Waals surface area contributed by atoms with Crippen LogP contribution in [0.4, 0.5) is 0 Å². The summed E-state index contributed by atoms with van der Waals surface area (Å²) in [6, 6.07) is 0.302. The molecule has 0 amide bonds. The van der Waals surface area contributed by atoms with Gasteiger partial charge in [-0.2, -0.15) is 0 Å². The van der Waals surface area contributed by atoms with E-state index in [-0.39, 0.29) is 0 Å². The molecule has 2 unspecified atom stereocenters. The van der Waals surface area contributed by atoms with Crippen LogP contribution in [0.3, 0.4) is 0 Å². The third-order valence-electron chi connectivity index (χ3n) is 2.25. The molecule has 13 heavy (non-hydrogen) atoms. The van der Waals surface area contributed by atoms with Gasteiger partial charge < -0.3 is 5.73 Å². The van der Waals surface area contributed by atoms with Gasteiger partial charge in [0.15, 0.2) is 0 Å². The number of hydrogen-bond acceptors (Lipinski definition) is 1. The number of allylic oxidation sites excluding steroid dienone is 1. The molecule has 2 N–H and O–H groups in total. The summed E-state index contributed by atoms with van der Waals surface area (Å²) in [4.78, 5) is 0. The molecule has 0 aromatic heterocycles. The van der Waals surface area contributed by atoms with E-state index in [1.165, 1.54) is 5.57 Å². The molecule has 1 nitrogen and oxygen atoms in total. The Morgan fingerprint density at radius 2 is 1.85 bits per heavy atom. The van der Waals surface area contributed by atoms with Gasteiger partial charge in [0.1, 0.15) is 0 Å². The van der Waals surface area contributed by atoms with Crippen molar-refractivity contribution in [3.8, 4) is 0 Å². The molecule has 0 radical (unpaired) electrons. The number of hydrogen-bond donors (Lipinski definition) is 1. The van der Waals surface area contributed by atoms with Gasteiger partial charge in [0, 0.05) is 6.04 Å². The lowest BCUT2D eigenvalue weighted by Gasteiger charge is -2.27. The van der Waals surface area contributed by atoms with Crippen molar-refractivity contribution >= 4 is 0 Å². The molecule has 0 rings (SSSR count). The Hall–Kier alpha value is -0.300. The van der Waals surface area contributed by atoms with E-state index in [2.05, 4.69) is 41.2 Å². The van der Waals surface area contributed by atoms with Gasteiger partial charge >= 0.3 is 0 Å². The Bertz CT molecular complexity index is 164. The smallest absolute Gasteiger partial charge is 0.00725 e. The van der Waals surface area contributed by atoms with Gasteiger partial charge in [0.25, 0.3) is 0 Å². The molecule has 78 valence electrons. The lowest BCUT2D eigenvalue weighted by molar-refractivity contribution is 0.291. The highest BCUT2D eigenvalue weighted by Crippen LogP contribution is 2.25. The minimum Gasteiger partial charge on any atom is -0.327 e. The zero-order valence-electron chi connectivity index (χ0n) is 9.85. The maximum absolute atomic E-state index is 6.11. The molecule has 0 aliphatic rings.